The van der Waals surface area contributed by atoms with Gasteiger partial charge in [0.2, 0.25) is 0 Å². The molecule has 0 aliphatic carbocycles. The first-order chi connectivity index (χ1) is 11.1. The number of carbonyl (C=O) groups is 3. The van der Waals surface area contributed by atoms with Gasteiger partial charge in [0, 0.05) is 5.56 Å². The number of ether oxygens (including phenoxy) is 2. The normalized spacial score (nSPS) is 13.6. The Balaban J connectivity index is 2.57. The molecule has 0 spiro atoms. The first-order valence-electron chi connectivity index (χ1n) is 6.68. The van der Waals surface area contributed by atoms with E-state index in [0.717, 1.165) is 14.2 Å². The molecule has 0 fully saturated rings. The molecule has 1 aromatic carbocycles. The summed E-state index contributed by atoms with van der Waals surface area (Å²) in [5, 5.41) is 7.43. The highest BCUT2D eigenvalue weighted by Gasteiger charge is 2.24. The summed E-state index contributed by atoms with van der Waals surface area (Å²) in [6.07, 6.45) is 1.18. The highest BCUT2D eigenvalue weighted by molar-refractivity contribution is 6.14. The van der Waals surface area contributed by atoms with Crippen LogP contribution in [0, 0.1) is 0 Å². The van der Waals surface area contributed by atoms with Crippen molar-refractivity contribution in [3.63, 3.8) is 0 Å². The average Bonchev–Trinajstić information content (AvgIpc) is 2.59. The highest BCUT2D eigenvalue weighted by Crippen LogP contribution is 2.28. The molecule has 1 aliphatic heterocycles. The summed E-state index contributed by atoms with van der Waals surface area (Å²) in [6.45, 7) is 0. The molecule has 1 aromatic rings. The Labute approximate surface area is 132 Å². The minimum atomic E-state index is -0.855. The van der Waals surface area contributed by atoms with Crippen LogP contribution in [0.15, 0.2) is 57.8 Å². The molecule has 0 radical (unpaired) electrons. The van der Waals surface area contributed by atoms with Gasteiger partial charge in [0.05, 0.1) is 26.3 Å². The zero-order valence-electron chi connectivity index (χ0n) is 12.6. The maximum Gasteiger partial charge on any atom is 0.345 e. The van der Waals surface area contributed by atoms with Crippen LogP contribution in [-0.2, 0) is 23.9 Å². The Hall–Kier alpha value is -3.09. The molecule has 1 heterocycles. The number of hydrogen-bond acceptors (Lipinski definition) is 6. The fourth-order valence-electron chi connectivity index (χ4n) is 2.01. The lowest BCUT2D eigenvalue weighted by Gasteiger charge is -2.12. The van der Waals surface area contributed by atoms with Crippen LogP contribution in [0.5, 0.6) is 0 Å². The van der Waals surface area contributed by atoms with E-state index in [1.54, 1.807) is 24.3 Å². The van der Waals surface area contributed by atoms with Crippen molar-refractivity contribution in [2.24, 2.45) is 10.2 Å². The maximum atomic E-state index is 11.8. The molecule has 0 saturated carbocycles. The Morgan fingerprint density at radius 1 is 1.04 bits per heavy atom. The smallest absolute Gasteiger partial charge is 0.345 e. The van der Waals surface area contributed by atoms with Crippen molar-refractivity contribution in [3.8, 4) is 0 Å². The van der Waals surface area contributed by atoms with Crippen LogP contribution in [0.1, 0.15) is 12.0 Å². The monoisotopic (exact) mass is 314 g/mol. The van der Waals surface area contributed by atoms with Crippen molar-refractivity contribution < 1.29 is 23.9 Å². The van der Waals surface area contributed by atoms with Crippen LogP contribution in [0.4, 0.5) is 0 Å². The van der Waals surface area contributed by atoms with Crippen LogP contribution >= 0.6 is 0 Å². The fourth-order valence-corrected chi connectivity index (χ4v) is 2.01. The molecule has 23 heavy (non-hydrogen) atoms. The summed E-state index contributed by atoms with van der Waals surface area (Å²) in [5.41, 5.74) is 1.20. The first kappa shape index (κ1) is 16.3. The first-order valence-corrected chi connectivity index (χ1v) is 6.68. The van der Waals surface area contributed by atoms with Gasteiger partial charge in [-0.05, 0) is 11.6 Å². The second-order valence-electron chi connectivity index (χ2n) is 4.55. The minimum Gasteiger partial charge on any atom is -0.465 e. The SMILES string of the molecule is COC(=O)C(=CC1=C(c2ccccc2)N=NC(=O)C1)C(=O)OC. The summed E-state index contributed by atoms with van der Waals surface area (Å²) in [4.78, 5) is 35.1. The number of esters is 2. The van der Waals surface area contributed by atoms with E-state index < -0.39 is 17.8 Å². The van der Waals surface area contributed by atoms with E-state index in [9.17, 15) is 14.4 Å². The third-order valence-corrected chi connectivity index (χ3v) is 3.08. The zero-order chi connectivity index (χ0) is 16.8. The van der Waals surface area contributed by atoms with E-state index in [-0.39, 0.29) is 12.0 Å². The predicted octanol–water partition coefficient (Wildman–Crippen LogP) is 2.05. The molecule has 118 valence electrons. The van der Waals surface area contributed by atoms with Crippen molar-refractivity contribution in [2.45, 2.75) is 6.42 Å². The van der Waals surface area contributed by atoms with Crippen molar-refractivity contribution in [1.29, 1.82) is 0 Å². The zero-order valence-corrected chi connectivity index (χ0v) is 12.6. The molecular weight excluding hydrogens is 300 g/mol. The van der Waals surface area contributed by atoms with Gasteiger partial charge in [-0.3, -0.25) is 4.79 Å². The molecule has 1 amide bonds. The molecule has 0 bridgehead atoms. The molecule has 0 saturated heterocycles. The van der Waals surface area contributed by atoms with E-state index in [0.29, 0.717) is 16.8 Å². The third-order valence-electron chi connectivity index (χ3n) is 3.08. The van der Waals surface area contributed by atoms with Gasteiger partial charge in [-0.1, -0.05) is 30.3 Å². The standard InChI is InChI=1S/C16H14N2O5/c1-22-15(20)12(16(21)23-2)8-11-9-13(19)17-18-14(11)10-6-4-3-5-7-10/h3-8H,9H2,1-2H3. The summed E-state index contributed by atoms with van der Waals surface area (Å²) in [5.74, 6) is -2.18. The number of carbonyl (C=O) groups excluding carboxylic acids is 3. The van der Waals surface area contributed by atoms with E-state index in [1.807, 2.05) is 6.07 Å². The van der Waals surface area contributed by atoms with E-state index in [1.165, 1.54) is 6.08 Å². The molecule has 7 nitrogen and oxygen atoms in total. The molecule has 7 heteroatoms. The number of amides is 1. The Kier molecular flexibility index (Phi) is 5.14. The van der Waals surface area contributed by atoms with Crippen molar-refractivity contribution in [2.75, 3.05) is 14.2 Å². The van der Waals surface area contributed by atoms with E-state index in [2.05, 4.69) is 19.7 Å². The fraction of sp³-hybridized carbons (Fsp3) is 0.188. The molecule has 0 unspecified atom stereocenters. The second-order valence-corrected chi connectivity index (χ2v) is 4.55. The summed E-state index contributed by atoms with van der Waals surface area (Å²) in [6, 6.07) is 9.01. The van der Waals surface area contributed by atoms with Crippen molar-refractivity contribution in [1.82, 2.24) is 0 Å². The lowest BCUT2D eigenvalue weighted by molar-refractivity contribution is -0.144. The predicted molar refractivity (Wildman–Crippen MR) is 80.0 cm³/mol. The van der Waals surface area contributed by atoms with Gasteiger partial charge in [-0.25, -0.2) is 9.59 Å². The molecule has 0 atom stereocenters. The summed E-state index contributed by atoms with van der Waals surface area (Å²) >= 11 is 0. The lowest BCUT2D eigenvalue weighted by Crippen LogP contribution is -2.17. The Morgan fingerprint density at radius 2 is 1.65 bits per heavy atom. The second kappa shape index (κ2) is 7.26. The van der Waals surface area contributed by atoms with E-state index >= 15 is 0 Å². The number of rotatable bonds is 4. The van der Waals surface area contributed by atoms with Gasteiger partial charge in [0.1, 0.15) is 5.57 Å². The number of methoxy groups -OCH3 is 2. The molecule has 0 N–H and O–H groups in total. The van der Waals surface area contributed by atoms with Gasteiger partial charge >= 0.3 is 11.9 Å². The van der Waals surface area contributed by atoms with Gasteiger partial charge in [0.25, 0.3) is 5.91 Å². The summed E-state index contributed by atoms with van der Waals surface area (Å²) < 4.78 is 9.15. The van der Waals surface area contributed by atoms with Gasteiger partial charge in [0.15, 0.2) is 0 Å². The number of azo groups is 1. The van der Waals surface area contributed by atoms with E-state index in [4.69, 9.17) is 0 Å². The third kappa shape index (κ3) is 3.76. The van der Waals surface area contributed by atoms with Crippen LogP contribution in [0.25, 0.3) is 5.70 Å². The lowest BCUT2D eigenvalue weighted by atomic mass is 10.0. The summed E-state index contributed by atoms with van der Waals surface area (Å²) in [7, 11) is 2.30. The van der Waals surface area contributed by atoms with Crippen LogP contribution in [0.3, 0.4) is 0 Å². The minimum absolute atomic E-state index is 0.0782. The highest BCUT2D eigenvalue weighted by atomic mass is 16.5. The van der Waals surface area contributed by atoms with Gasteiger partial charge in [-0.15, -0.1) is 10.2 Å². The largest absolute Gasteiger partial charge is 0.465 e. The number of benzene rings is 1. The van der Waals surface area contributed by atoms with Gasteiger partial charge < -0.3 is 9.47 Å². The Morgan fingerprint density at radius 3 is 2.22 bits per heavy atom. The molecule has 1 aliphatic rings. The van der Waals surface area contributed by atoms with Gasteiger partial charge in [-0.2, -0.15) is 0 Å². The molecule has 0 aromatic heterocycles. The molecule has 2 rings (SSSR count). The topological polar surface area (TPSA) is 94.4 Å². The van der Waals surface area contributed by atoms with Crippen LogP contribution in [-0.4, -0.2) is 32.1 Å². The van der Waals surface area contributed by atoms with Crippen LogP contribution in [0.2, 0.25) is 0 Å². The number of allylic oxidation sites excluding steroid dienone is 1. The van der Waals surface area contributed by atoms with Crippen molar-refractivity contribution in [3.05, 3.63) is 53.1 Å². The quantitative estimate of drug-likeness (QED) is 0.367. The van der Waals surface area contributed by atoms with Crippen LogP contribution < -0.4 is 0 Å². The Bertz CT molecular complexity index is 714. The number of hydrogen-bond donors (Lipinski definition) is 0. The van der Waals surface area contributed by atoms with Crippen molar-refractivity contribution >= 4 is 23.5 Å². The molecular formula is C16H14N2O5. The number of nitrogens with zero attached hydrogens (tertiary/aromatic N) is 2. The maximum absolute atomic E-state index is 11.8. The average molecular weight is 314 g/mol.